The monoisotopic (exact) mass is 428 g/mol. The molecule has 0 spiro atoms. The molecule has 1 amide bonds. The lowest BCUT2D eigenvalue weighted by Crippen LogP contribution is -2.37. The molecule has 0 bridgehead atoms. The average Bonchev–Trinajstić information content (AvgIpc) is 2.70. The lowest BCUT2D eigenvalue weighted by atomic mass is 10.2. The first-order valence-electron chi connectivity index (χ1n) is 8.60. The van der Waals surface area contributed by atoms with Crippen molar-refractivity contribution in [2.45, 2.75) is 11.3 Å². The van der Waals surface area contributed by atoms with Gasteiger partial charge in [0, 0.05) is 19.2 Å². The number of ether oxygens (including phenoxy) is 2. The molecule has 29 heavy (non-hydrogen) atoms. The van der Waals surface area contributed by atoms with E-state index in [1.165, 1.54) is 38.5 Å². The molecule has 0 heterocycles. The minimum absolute atomic E-state index is 0.00488. The molecule has 0 fully saturated rings. The predicted octanol–water partition coefficient (Wildman–Crippen LogP) is 2.85. The van der Waals surface area contributed by atoms with Crippen molar-refractivity contribution < 1.29 is 31.5 Å². The molecule has 0 aliphatic heterocycles. The molecule has 0 saturated carbocycles. The molecule has 7 nitrogen and oxygen atoms in total. The Hall–Kier alpha value is -2.72. The van der Waals surface area contributed by atoms with Crippen LogP contribution in [0.5, 0.6) is 5.75 Å². The van der Waals surface area contributed by atoms with Gasteiger partial charge in [0.2, 0.25) is 0 Å². The summed E-state index contributed by atoms with van der Waals surface area (Å²) in [5.41, 5.74) is 0.357. The summed E-state index contributed by atoms with van der Waals surface area (Å²) in [5.74, 6) is -0.285. The van der Waals surface area contributed by atoms with E-state index in [1.807, 2.05) is 0 Å². The fraction of sp³-hybridized carbons (Fsp3) is 0.316. The van der Waals surface area contributed by atoms with Crippen LogP contribution < -0.4 is 9.46 Å². The van der Waals surface area contributed by atoms with Crippen molar-refractivity contribution in [2.24, 2.45) is 0 Å². The first-order valence-corrected chi connectivity index (χ1v) is 10.1. The predicted molar refractivity (Wildman–Crippen MR) is 104 cm³/mol. The van der Waals surface area contributed by atoms with E-state index in [4.69, 9.17) is 9.47 Å². The third-order valence-electron chi connectivity index (χ3n) is 3.97. The molecule has 2 rings (SSSR count). The van der Waals surface area contributed by atoms with E-state index in [1.54, 1.807) is 24.3 Å². The van der Waals surface area contributed by atoms with Crippen molar-refractivity contribution in [3.8, 4) is 5.75 Å². The maximum absolute atomic E-state index is 12.7. The van der Waals surface area contributed by atoms with Crippen LogP contribution in [0.2, 0.25) is 0 Å². The molecule has 2 aromatic carbocycles. The summed E-state index contributed by atoms with van der Waals surface area (Å²) in [6.45, 7) is -0.638. The largest absolute Gasteiger partial charge is 0.495 e. The molecule has 0 aromatic heterocycles. The average molecular weight is 428 g/mol. The standard InChI is InChI=1S/C19H22F2N2O5S/c1-27-12-11-23(13-18(20)21)19(24)14-7-9-15(10-8-14)29(25,26)22-16-5-3-4-6-17(16)28-2/h3-10,18,22H,11-13H2,1-2H3. The van der Waals surface area contributed by atoms with Gasteiger partial charge in [-0.05, 0) is 36.4 Å². The van der Waals surface area contributed by atoms with Crippen molar-refractivity contribution in [1.29, 1.82) is 0 Å². The number of hydrogen-bond acceptors (Lipinski definition) is 5. The number of rotatable bonds is 10. The molecule has 158 valence electrons. The van der Waals surface area contributed by atoms with Crippen LogP contribution in [-0.2, 0) is 14.8 Å². The molecule has 0 radical (unpaired) electrons. The van der Waals surface area contributed by atoms with Crippen molar-refractivity contribution in [1.82, 2.24) is 4.90 Å². The van der Waals surface area contributed by atoms with E-state index in [9.17, 15) is 22.0 Å². The summed E-state index contributed by atoms with van der Waals surface area (Å²) in [7, 11) is -1.12. The number of alkyl halides is 2. The van der Waals surface area contributed by atoms with Gasteiger partial charge in [0.1, 0.15) is 5.75 Å². The van der Waals surface area contributed by atoms with E-state index in [2.05, 4.69) is 4.72 Å². The van der Waals surface area contributed by atoms with Crippen molar-refractivity contribution >= 4 is 21.6 Å². The number of halogens is 2. The zero-order valence-electron chi connectivity index (χ0n) is 16.0. The summed E-state index contributed by atoms with van der Waals surface area (Å²) >= 11 is 0. The van der Waals surface area contributed by atoms with Gasteiger partial charge < -0.3 is 14.4 Å². The number of para-hydroxylation sites is 2. The number of nitrogens with one attached hydrogen (secondary N) is 1. The Balaban J connectivity index is 2.20. The van der Waals surface area contributed by atoms with Gasteiger partial charge in [0.25, 0.3) is 22.4 Å². The zero-order chi connectivity index (χ0) is 21.4. The van der Waals surface area contributed by atoms with Crippen molar-refractivity contribution in [3.63, 3.8) is 0 Å². The van der Waals surface area contributed by atoms with E-state index in [-0.39, 0.29) is 29.3 Å². The Morgan fingerprint density at radius 1 is 1.10 bits per heavy atom. The highest BCUT2D eigenvalue weighted by atomic mass is 32.2. The molecule has 0 saturated heterocycles. The third-order valence-corrected chi connectivity index (χ3v) is 5.36. The second-order valence-electron chi connectivity index (χ2n) is 5.97. The van der Waals surface area contributed by atoms with Gasteiger partial charge in [-0.25, -0.2) is 17.2 Å². The topological polar surface area (TPSA) is 84.9 Å². The van der Waals surface area contributed by atoms with Gasteiger partial charge in [-0.15, -0.1) is 0 Å². The summed E-state index contributed by atoms with van der Waals surface area (Å²) in [6.07, 6.45) is -2.69. The summed E-state index contributed by atoms with van der Waals surface area (Å²) in [6, 6.07) is 11.5. The number of benzene rings is 2. The quantitative estimate of drug-likeness (QED) is 0.629. The van der Waals surface area contributed by atoms with E-state index >= 15 is 0 Å². The van der Waals surface area contributed by atoms with Crippen molar-refractivity contribution in [2.75, 3.05) is 38.6 Å². The first-order chi connectivity index (χ1) is 13.8. The molecule has 10 heteroatoms. The molecule has 0 unspecified atom stereocenters. The smallest absolute Gasteiger partial charge is 0.262 e. The third kappa shape index (κ3) is 6.13. The van der Waals surface area contributed by atoms with E-state index in [0.29, 0.717) is 5.75 Å². The number of amides is 1. The van der Waals surface area contributed by atoms with Gasteiger partial charge in [-0.3, -0.25) is 9.52 Å². The van der Waals surface area contributed by atoms with Gasteiger partial charge in [0.15, 0.2) is 0 Å². The molecule has 0 aliphatic rings. The van der Waals surface area contributed by atoms with Gasteiger partial charge in [0.05, 0.1) is 30.8 Å². The highest BCUT2D eigenvalue weighted by Gasteiger charge is 2.21. The van der Waals surface area contributed by atoms with Crippen LogP contribution in [0.1, 0.15) is 10.4 Å². The normalized spacial score (nSPS) is 11.3. The number of sulfonamides is 1. The summed E-state index contributed by atoms with van der Waals surface area (Å²) < 4.78 is 63.1. The Morgan fingerprint density at radius 2 is 1.76 bits per heavy atom. The number of carbonyl (C=O) groups excluding carboxylic acids is 1. The Kier molecular flexibility index (Phi) is 7.91. The fourth-order valence-corrected chi connectivity index (χ4v) is 3.61. The number of hydrogen-bond donors (Lipinski definition) is 1. The second-order valence-corrected chi connectivity index (χ2v) is 7.65. The Labute approximate surface area is 168 Å². The molecule has 0 aliphatic carbocycles. The van der Waals surface area contributed by atoms with Crippen LogP contribution in [0.4, 0.5) is 14.5 Å². The maximum Gasteiger partial charge on any atom is 0.262 e. The van der Waals surface area contributed by atoms with Gasteiger partial charge in [-0.1, -0.05) is 12.1 Å². The number of anilines is 1. The lowest BCUT2D eigenvalue weighted by Gasteiger charge is -2.22. The highest BCUT2D eigenvalue weighted by molar-refractivity contribution is 7.92. The molecule has 2 aromatic rings. The van der Waals surface area contributed by atoms with Crippen LogP contribution >= 0.6 is 0 Å². The van der Waals surface area contributed by atoms with Crippen LogP contribution in [0, 0.1) is 0 Å². The summed E-state index contributed by atoms with van der Waals surface area (Å²) in [5, 5.41) is 0. The summed E-state index contributed by atoms with van der Waals surface area (Å²) in [4.78, 5) is 13.4. The van der Waals surface area contributed by atoms with Gasteiger partial charge in [-0.2, -0.15) is 0 Å². The maximum atomic E-state index is 12.7. The zero-order valence-corrected chi connectivity index (χ0v) is 16.8. The minimum Gasteiger partial charge on any atom is -0.495 e. The Morgan fingerprint density at radius 3 is 2.34 bits per heavy atom. The van der Waals surface area contributed by atoms with Crippen LogP contribution in [0.15, 0.2) is 53.4 Å². The van der Waals surface area contributed by atoms with Crippen LogP contribution in [0.3, 0.4) is 0 Å². The van der Waals surface area contributed by atoms with E-state index in [0.717, 1.165) is 4.90 Å². The molecule has 0 atom stereocenters. The van der Waals surface area contributed by atoms with Crippen LogP contribution in [-0.4, -0.2) is 59.6 Å². The van der Waals surface area contributed by atoms with Gasteiger partial charge >= 0.3 is 0 Å². The molecular formula is C19H22F2N2O5S. The number of carbonyl (C=O) groups is 1. The molecular weight excluding hydrogens is 406 g/mol. The minimum atomic E-state index is -3.94. The number of methoxy groups -OCH3 is 2. The first kappa shape index (κ1) is 22.6. The molecule has 1 N–H and O–H groups in total. The number of nitrogens with zero attached hydrogens (tertiary/aromatic N) is 1. The highest BCUT2D eigenvalue weighted by Crippen LogP contribution is 2.26. The Bertz CT molecular complexity index is 920. The fourth-order valence-electron chi connectivity index (χ4n) is 2.54. The van der Waals surface area contributed by atoms with E-state index < -0.39 is 28.9 Å². The SMILES string of the molecule is COCCN(CC(F)F)C(=O)c1ccc(S(=O)(=O)Nc2ccccc2OC)cc1. The lowest BCUT2D eigenvalue weighted by molar-refractivity contribution is 0.0478. The van der Waals surface area contributed by atoms with Crippen LogP contribution in [0.25, 0.3) is 0 Å². The second kappa shape index (κ2) is 10.2. The van der Waals surface area contributed by atoms with Crippen molar-refractivity contribution in [3.05, 3.63) is 54.1 Å².